The molecule has 0 spiro atoms. The lowest BCUT2D eigenvalue weighted by Crippen LogP contribution is -2.52. The highest BCUT2D eigenvalue weighted by Crippen LogP contribution is 2.08. The van der Waals surface area contributed by atoms with E-state index in [2.05, 4.69) is 58.6 Å². The fraction of sp³-hybridized carbons (Fsp3) is 0.588. The molecule has 0 unspecified atom stereocenters. The highest BCUT2D eigenvalue weighted by atomic mass is 32.2. The average molecular weight is 321 g/mol. The summed E-state index contributed by atoms with van der Waals surface area (Å²) < 4.78 is 0. The minimum atomic E-state index is 0.897. The molecule has 122 valence electrons. The van der Waals surface area contributed by atoms with Crippen molar-refractivity contribution in [3.63, 3.8) is 0 Å². The highest BCUT2D eigenvalue weighted by molar-refractivity contribution is 7.98. The van der Waals surface area contributed by atoms with Crippen LogP contribution in [0.2, 0.25) is 0 Å². The molecule has 0 bridgehead atoms. The molecule has 1 fully saturated rings. The summed E-state index contributed by atoms with van der Waals surface area (Å²) >= 11 is 1.85. The maximum absolute atomic E-state index is 4.73. The van der Waals surface area contributed by atoms with Gasteiger partial charge in [-0.05, 0) is 18.7 Å². The van der Waals surface area contributed by atoms with Gasteiger partial charge in [-0.25, -0.2) is 0 Å². The first kappa shape index (κ1) is 17.2. The normalized spacial score (nSPS) is 16.8. The lowest BCUT2D eigenvalue weighted by molar-refractivity contribution is 0.172. The Morgan fingerprint density at radius 1 is 1.18 bits per heavy atom. The maximum atomic E-state index is 4.73. The molecule has 0 radical (unpaired) electrons. The third-order valence-electron chi connectivity index (χ3n) is 3.81. The number of nitrogens with zero attached hydrogens (tertiary/aromatic N) is 3. The van der Waals surface area contributed by atoms with E-state index in [-0.39, 0.29) is 0 Å². The van der Waals surface area contributed by atoms with E-state index >= 15 is 0 Å². The van der Waals surface area contributed by atoms with Crippen LogP contribution in [0.15, 0.2) is 35.3 Å². The molecular weight excluding hydrogens is 292 g/mol. The van der Waals surface area contributed by atoms with Crippen LogP contribution in [0.1, 0.15) is 12.5 Å². The molecule has 5 heteroatoms. The average Bonchev–Trinajstić information content (AvgIpc) is 2.56. The minimum absolute atomic E-state index is 0.897. The fourth-order valence-corrected chi connectivity index (χ4v) is 2.90. The number of thioether (sulfide) groups is 1. The van der Waals surface area contributed by atoms with E-state index in [1.807, 2.05) is 11.8 Å². The molecule has 22 heavy (non-hydrogen) atoms. The first-order valence-corrected chi connectivity index (χ1v) is 9.51. The molecule has 4 nitrogen and oxygen atoms in total. The Bertz CT molecular complexity index is 441. The lowest BCUT2D eigenvalue weighted by atomic mass is 10.2. The van der Waals surface area contributed by atoms with Gasteiger partial charge in [0.15, 0.2) is 5.96 Å². The monoisotopic (exact) mass is 320 g/mol. The molecule has 1 N–H and O–H groups in total. The molecule has 0 aliphatic carbocycles. The van der Waals surface area contributed by atoms with Gasteiger partial charge in [-0.3, -0.25) is 9.89 Å². The van der Waals surface area contributed by atoms with Gasteiger partial charge in [-0.15, -0.1) is 0 Å². The molecule has 0 aromatic heterocycles. The Hall–Kier alpha value is -1.20. The number of nitrogens with one attached hydrogen (secondary N) is 1. The van der Waals surface area contributed by atoms with Crippen LogP contribution in [0.25, 0.3) is 0 Å². The number of aliphatic imine (C=N–C) groups is 1. The van der Waals surface area contributed by atoms with Crippen LogP contribution in [-0.2, 0) is 6.54 Å². The van der Waals surface area contributed by atoms with Crippen molar-refractivity contribution in [2.24, 2.45) is 4.99 Å². The predicted octanol–water partition coefficient (Wildman–Crippen LogP) is 2.13. The Labute approximate surface area is 139 Å². The molecule has 1 aromatic rings. The van der Waals surface area contributed by atoms with E-state index in [9.17, 15) is 0 Å². The number of rotatable bonds is 6. The van der Waals surface area contributed by atoms with Crippen molar-refractivity contribution in [3.8, 4) is 0 Å². The molecule has 1 aliphatic heterocycles. The largest absolute Gasteiger partial charge is 0.357 e. The molecule has 1 saturated heterocycles. The summed E-state index contributed by atoms with van der Waals surface area (Å²) in [5.74, 6) is 2.17. The molecule has 0 atom stereocenters. The zero-order chi connectivity index (χ0) is 15.6. The van der Waals surface area contributed by atoms with Gasteiger partial charge >= 0.3 is 0 Å². The molecule has 0 amide bonds. The van der Waals surface area contributed by atoms with Crippen LogP contribution < -0.4 is 5.32 Å². The Kier molecular flexibility index (Phi) is 7.60. The summed E-state index contributed by atoms with van der Waals surface area (Å²) in [7, 11) is 0. The molecule has 0 saturated carbocycles. The standard InChI is InChI=1S/C17H28N4S/c1-3-18-17(19-9-14-22-2)21-12-10-20(11-13-21)15-16-7-5-4-6-8-16/h4-8H,3,9-15H2,1-2H3,(H,18,19). The zero-order valence-corrected chi connectivity index (χ0v) is 14.6. The van der Waals surface area contributed by atoms with Crippen molar-refractivity contribution in [1.29, 1.82) is 0 Å². The number of hydrogen-bond acceptors (Lipinski definition) is 3. The summed E-state index contributed by atoms with van der Waals surface area (Å²) in [5, 5.41) is 3.42. The third-order valence-corrected chi connectivity index (χ3v) is 4.40. The SMILES string of the molecule is CCNC(=NCCSC)N1CCN(Cc2ccccc2)CC1. The van der Waals surface area contributed by atoms with Crippen molar-refractivity contribution < 1.29 is 0 Å². The summed E-state index contributed by atoms with van der Waals surface area (Å²) in [6, 6.07) is 10.7. The fourth-order valence-electron chi connectivity index (χ4n) is 2.63. The molecule has 2 rings (SSSR count). The topological polar surface area (TPSA) is 30.9 Å². The van der Waals surface area contributed by atoms with E-state index in [1.54, 1.807) is 0 Å². The van der Waals surface area contributed by atoms with Crippen LogP contribution in [0.4, 0.5) is 0 Å². The molecular formula is C17H28N4S. The van der Waals surface area contributed by atoms with Gasteiger partial charge in [0.05, 0.1) is 6.54 Å². The van der Waals surface area contributed by atoms with Crippen LogP contribution in [0.5, 0.6) is 0 Å². The first-order valence-electron chi connectivity index (χ1n) is 8.12. The maximum Gasteiger partial charge on any atom is 0.194 e. The smallest absolute Gasteiger partial charge is 0.194 e. The van der Waals surface area contributed by atoms with Crippen LogP contribution in [0.3, 0.4) is 0 Å². The van der Waals surface area contributed by atoms with Crippen molar-refractivity contribution in [2.75, 3.05) is 51.3 Å². The molecule has 1 aromatic carbocycles. The van der Waals surface area contributed by atoms with Gasteiger partial charge < -0.3 is 10.2 Å². The second kappa shape index (κ2) is 9.74. The second-order valence-electron chi connectivity index (χ2n) is 5.48. The van der Waals surface area contributed by atoms with Crippen LogP contribution >= 0.6 is 11.8 Å². The third kappa shape index (κ3) is 5.54. The number of piperazine rings is 1. The first-order chi connectivity index (χ1) is 10.8. The van der Waals surface area contributed by atoms with Gasteiger partial charge in [0.2, 0.25) is 0 Å². The van der Waals surface area contributed by atoms with Crippen molar-refractivity contribution in [2.45, 2.75) is 13.5 Å². The van der Waals surface area contributed by atoms with E-state index < -0.39 is 0 Å². The summed E-state index contributed by atoms with van der Waals surface area (Å²) in [6.07, 6.45) is 2.13. The van der Waals surface area contributed by atoms with E-state index in [4.69, 9.17) is 4.99 Å². The number of guanidine groups is 1. The Morgan fingerprint density at radius 2 is 1.91 bits per heavy atom. The quantitative estimate of drug-likeness (QED) is 0.494. The Balaban J connectivity index is 1.82. The van der Waals surface area contributed by atoms with Gasteiger partial charge in [-0.2, -0.15) is 11.8 Å². The Morgan fingerprint density at radius 3 is 2.55 bits per heavy atom. The summed E-state index contributed by atoms with van der Waals surface area (Å²) in [6.45, 7) is 9.32. The summed E-state index contributed by atoms with van der Waals surface area (Å²) in [4.78, 5) is 9.65. The molecule has 1 aliphatic rings. The van der Waals surface area contributed by atoms with Gasteiger partial charge in [0, 0.05) is 45.0 Å². The second-order valence-corrected chi connectivity index (χ2v) is 6.46. The zero-order valence-electron chi connectivity index (χ0n) is 13.8. The highest BCUT2D eigenvalue weighted by Gasteiger charge is 2.19. The van der Waals surface area contributed by atoms with Crippen molar-refractivity contribution in [1.82, 2.24) is 15.1 Å². The van der Waals surface area contributed by atoms with Gasteiger partial charge in [0.25, 0.3) is 0 Å². The lowest BCUT2D eigenvalue weighted by Gasteiger charge is -2.36. The van der Waals surface area contributed by atoms with E-state index in [1.165, 1.54) is 5.56 Å². The van der Waals surface area contributed by atoms with Gasteiger partial charge in [-0.1, -0.05) is 30.3 Å². The van der Waals surface area contributed by atoms with Crippen LogP contribution in [-0.4, -0.2) is 67.0 Å². The number of benzene rings is 1. The van der Waals surface area contributed by atoms with E-state index in [0.29, 0.717) is 0 Å². The predicted molar refractivity (Wildman–Crippen MR) is 97.7 cm³/mol. The van der Waals surface area contributed by atoms with Gasteiger partial charge in [0.1, 0.15) is 0 Å². The van der Waals surface area contributed by atoms with Crippen molar-refractivity contribution in [3.05, 3.63) is 35.9 Å². The minimum Gasteiger partial charge on any atom is -0.357 e. The summed E-state index contributed by atoms with van der Waals surface area (Å²) in [5.41, 5.74) is 1.40. The van der Waals surface area contributed by atoms with E-state index in [0.717, 1.165) is 57.5 Å². The molecule has 1 heterocycles. The van der Waals surface area contributed by atoms with Crippen LogP contribution in [0, 0.1) is 0 Å². The number of hydrogen-bond donors (Lipinski definition) is 1. The van der Waals surface area contributed by atoms with Crippen molar-refractivity contribution >= 4 is 17.7 Å².